The molecule has 0 fully saturated rings. The summed E-state index contributed by atoms with van der Waals surface area (Å²) in [6, 6.07) is 14.0. The van der Waals surface area contributed by atoms with Crippen molar-refractivity contribution in [3.05, 3.63) is 69.9 Å². The van der Waals surface area contributed by atoms with E-state index in [4.69, 9.17) is 9.47 Å². The van der Waals surface area contributed by atoms with Gasteiger partial charge in [0, 0.05) is 11.6 Å². The third-order valence-electron chi connectivity index (χ3n) is 3.94. The molecule has 0 radical (unpaired) electrons. The minimum Gasteiger partial charge on any atom is -0.493 e. The number of benzene rings is 2. The first-order chi connectivity index (χ1) is 13.0. The van der Waals surface area contributed by atoms with Gasteiger partial charge in [-0.2, -0.15) is 0 Å². The van der Waals surface area contributed by atoms with Crippen LogP contribution in [0.15, 0.2) is 48.5 Å². The topological polar surface area (TPSA) is 74.5 Å². The van der Waals surface area contributed by atoms with E-state index >= 15 is 0 Å². The minimum absolute atomic E-state index is 0.00722. The second kappa shape index (κ2) is 7.86. The lowest BCUT2D eigenvalue weighted by Gasteiger charge is -2.15. The minimum atomic E-state index is -0.398. The van der Waals surface area contributed by atoms with Crippen molar-refractivity contribution >= 4 is 28.7 Å². The maximum Gasteiger partial charge on any atom is 0.278 e. The average molecular weight is 364 g/mol. The summed E-state index contributed by atoms with van der Waals surface area (Å²) >= 11 is 0. The van der Waals surface area contributed by atoms with Crippen molar-refractivity contribution in [1.29, 1.82) is 0 Å². The number of rotatable bonds is 6. The van der Waals surface area contributed by atoms with Crippen molar-refractivity contribution in [1.82, 2.24) is 4.98 Å². The van der Waals surface area contributed by atoms with Gasteiger partial charge in [-0.3, -0.25) is 10.1 Å². The van der Waals surface area contributed by atoms with E-state index in [9.17, 15) is 10.1 Å². The fourth-order valence-corrected chi connectivity index (χ4v) is 2.77. The molecule has 2 aromatic carbocycles. The third-order valence-corrected chi connectivity index (χ3v) is 3.94. The number of nitro benzene ring substituents is 1. The molecule has 27 heavy (non-hydrogen) atoms. The highest BCUT2D eigenvalue weighted by molar-refractivity contribution is 5.89. The Kier molecular flexibility index (Phi) is 5.35. The number of nitro groups is 1. The summed E-state index contributed by atoms with van der Waals surface area (Å²) in [7, 11) is 1.60. The van der Waals surface area contributed by atoms with Crippen LogP contribution in [0.25, 0.3) is 23.1 Å². The molecule has 0 N–H and O–H groups in total. The molecule has 0 saturated carbocycles. The Labute approximate surface area is 157 Å². The lowest BCUT2D eigenvalue weighted by atomic mass is 10.1. The monoisotopic (exact) mass is 364 g/mol. The van der Waals surface area contributed by atoms with E-state index in [1.165, 1.54) is 6.07 Å². The number of hydrogen-bond acceptors (Lipinski definition) is 5. The van der Waals surface area contributed by atoms with Crippen LogP contribution in [0.3, 0.4) is 0 Å². The lowest BCUT2D eigenvalue weighted by Crippen LogP contribution is -2.07. The fourth-order valence-electron chi connectivity index (χ4n) is 2.77. The highest BCUT2D eigenvalue weighted by atomic mass is 16.6. The summed E-state index contributed by atoms with van der Waals surface area (Å²) < 4.78 is 11.3. The van der Waals surface area contributed by atoms with Gasteiger partial charge in [0.25, 0.3) is 5.69 Å². The summed E-state index contributed by atoms with van der Waals surface area (Å²) in [5, 5.41) is 11.7. The molecule has 3 rings (SSSR count). The largest absolute Gasteiger partial charge is 0.493 e. The Hall–Kier alpha value is -3.41. The molecular formula is C21H20N2O4. The zero-order valence-corrected chi connectivity index (χ0v) is 15.4. The first kappa shape index (κ1) is 18.4. The maximum absolute atomic E-state index is 11.1. The zero-order valence-electron chi connectivity index (χ0n) is 15.4. The molecule has 6 heteroatoms. The molecule has 138 valence electrons. The molecule has 1 aromatic heterocycles. The van der Waals surface area contributed by atoms with Crippen LogP contribution in [0, 0.1) is 10.1 Å². The van der Waals surface area contributed by atoms with E-state index in [-0.39, 0.29) is 11.8 Å². The molecule has 0 aliphatic rings. The predicted octanol–water partition coefficient (Wildman–Crippen LogP) is 5.11. The van der Waals surface area contributed by atoms with Crippen molar-refractivity contribution in [3.8, 4) is 11.5 Å². The number of pyridine rings is 1. The number of fused-ring (bicyclic) bond motifs is 1. The van der Waals surface area contributed by atoms with Crippen molar-refractivity contribution in [2.24, 2.45) is 0 Å². The van der Waals surface area contributed by atoms with Crippen molar-refractivity contribution in [2.45, 2.75) is 20.0 Å². The van der Waals surface area contributed by atoms with Gasteiger partial charge in [-0.15, -0.1) is 0 Å². The Bertz CT molecular complexity index is 1010. The summed E-state index contributed by atoms with van der Waals surface area (Å²) in [6.07, 6.45) is 3.75. The smallest absolute Gasteiger partial charge is 0.278 e. The quantitative estimate of drug-likeness (QED) is 0.449. The van der Waals surface area contributed by atoms with Crippen LogP contribution in [0.1, 0.15) is 25.1 Å². The third kappa shape index (κ3) is 4.06. The first-order valence-corrected chi connectivity index (χ1v) is 8.55. The van der Waals surface area contributed by atoms with Crippen LogP contribution < -0.4 is 9.47 Å². The number of nitrogens with zero attached hydrogens (tertiary/aromatic N) is 2. The number of methoxy groups -OCH3 is 1. The predicted molar refractivity (Wildman–Crippen MR) is 106 cm³/mol. The molecule has 0 aliphatic heterocycles. The van der Waals surface area contributed by atoms with Crippen LogP contribution in [0.5, 0.6) is 11.5 Å². The van der Waals surface area contributed by atoms with Crippen molar-refractivity contribution in [2.75, 3.05) is 7.11 Å². The highest BCUT2D eigenvalue weighted by Gasteiger charge is 2.12. The summed E-state index contributed by atoms with van der Waals surface area (Å²) in [6.45, 7) is 3.91. The van der Waals surface area contributed by atoms with Gasteiger partial charge in [0.2, 0.25) is 0 Å². The number of aromatic nitrogens is 1. The normalized spacial score (nSPS) is 11.3. The lowest BCUT2D eigenvalue weighted by molar-refractivity contribution is -0.383. The number of para-hydroxylation sites is 1. The fraction of sp³-hybridized carbons (Fsp3) is 0.190. The van der Waals surface area contributed by atoms with Gasteiger partial charge in [0.1, 0.15) is 0 Å². The number of ether oxygens (including phenoxy) is 2. The Balaban J connectivity index is 1.98. The Morgan fingerprint density at radius 3 is 2.56 bits per heavy atom. The molecular weight excluding hydrogens is 344 g/mol. The number of non-ortho nitro benzene ring substituents is 1. The van der Waals surface area contributed by atoms with Gasteiger partial charge < -0.3 is 9.47 Å². The van der Waals surface area contributed by atoms with E-state index in [0.29, 0.717) is 28.1 Å². The molecule has 0 amide bonds. The van der Waals surface area contributed by atoms with Crippen LogP contribution >= 0.6 is 0 Å². The van der Waals surface area contributed by atoms with Crippen LogP contribution in [0.2, 0.25) is 0 Å². The highest BCUT2D eigenvalue weighted by Crippen LogP contribution is 2.33. The zero-order chi connectivity index (χ0) is 19.4. The van der Waals surface area contributed by atoms with Crippen molar-refractivity contribution < 1.29 is 14.4 Å². The molecule has 0 spiro atoms. The number of hydrogen-bond donors (Lipinski definition) is 0. The molecule has 0 aliphatic carbocycles. The molecule has 3 aromatic rings. The van der Waals surface area contributed by atoms with Gasteiger partial charge in [0.15, 0.2) is 11.5 Å². The average Bonchev–Trinajstić information content (AvgIpc) is 2.65. The maximum atomic E-state index is 11.1. The molecule has 0 bridgehead atoms. The van der Waals surface area contributed by atoms with Gasteiger partial charge in [0.05, 0.1) is 34.7 Å². The second-order valence-corrected chi connectivity index (χ2v) is 6.22. The molecule has 6 nitrogen and oxygen atoms in total. The summed E-state index contributed by atoms with van der Waals surface area (Å²) in [5.74, 6) is 1.33. The summed E-state index contributed by atoms with van der Waals surface area (Å²) in [4.78, 5) is 15.2. The van der Waals surface area contributed by atoms with Crippen LogP contribution in [0.4, 0.5) is 5.69 Å². The molecule has 0 unspecified atom stereocenters. The van der Waals surface area contributed by atoms with Crippen LogP contribution in [-0.2, 0) is 0 Å². The van der Waals surface area contributed by atoms with Crippen LogP contribution in [-0.4, -0.2) is 23.1 Å². The SMILES string of the molecule is COc1cccc(/C=C/c2ccc3c([N+](=O)[O-])cccc3n2)c1OC(C)C. The molecule has 1 heterocycles. The van der Waals surface area contributed by atoms with E-state index in [0.717, 1.165) is 5.56 Å². The Morgan fingerprint density at radius 1 is 1.07 bits per heavy atom. The van der Waals surface area contributed by atoms with Crippen molar-refractivity contribution in [3.63, 3.8) is 0 Å². The van der Waals surface area contributed by atoms with Gasteiger partial charge in [-0.25, -0.2) is 4.98 Å². The van der Waals surface area contributed by atoms with Gasteiger partial charge >= 0.3 is 0 Å². The van der Waals surface area contributed by atoms with Gasteiger partial charge in [-0.05, 0) is 50.3 Å². The molecule has 0 saturated heterocycles. The first-order valence-electron chi connectivity index (χ1n) is 8.55. The molecule has 0 atom stereocenters. The van der Waals surface area contributed by atoms with E-state index in [1.54, 1.807) is 31.4 Å². The van der Waals surface area contributed by atoms with E-state index in [2.05, 4.69) is 4.98 Å². The summed E-state index contributed by atoms with van der Waals surface area (Å²) in [5.41, 5.74) is 2.19. The standard InChI is InChI=1S/C21H20N2O4/c1-14(2)27-21-15(6-4-9-20(21)26-3)10-11-16-12-13-17-18(22-16)7-5-8-19(17)23(24)25/h4-14H,1-3H3/b11-10+. The van der Waals surface area contributed by atoms with E-state index < -0.39 is 4.92 Å². The van der Waals surface area contributed by atoms with E-state index in [1.807, 2.05) is 44.2 Å². The second-order valence-electron chi connectivity index (χ2n) is 6.22. The van der Waals surface area contributed by atoms with Gasteiger partial charge in [-0.1, -0.05) is 18.2 Å². The Morgan fingerprint density at radius 2 is 1.85 bits per heavy atom.